The van der Waals surface area contributed by atoms with E-state index in [1.54, 1.807) is 17.9 Å². The quantitative estimate of drug-likeness (QED) is 0.449. The van der Waals surface area contributed by atoms with Crippen molar-refractivity contribution in [2.75, 3.05) is 13.7 Å². The van der Waals surface area contributed by atoms with Gasteiger partial charge in [0.2, 0.25) is 0 Å². The van der Waals surface area contributed by atoms with Gasteiger partial charge in [0.25, 0.3) is 5.91 Å². The zero-order valence-electron chi connectivity index (χ0n) is 19.9. The predicted molar refractivity (Wildman–Crippen MR) is 129 cm³/mol. The number of carbonyl (C=O) groups is 2. The maximum Gasteiger partial charge on any atom is 0.333 e. The Morgan fingerprint density at radius 2 is 1.88 bits per heavy atom. The fraction of sp³-hybridized carbons (Fsp3) is 0.346. The van der Waals surface area contributed by atoms with E-state index >= 15 is 0 Å². The van der Waals surface area contributed by atoms with Crippen LogP contribution in [0, 0.1) is 0 Å². The van der Waals surface area contributed by atoms with Crippen LogP contribution in [-0.2, 0) is 29.4 Å². The van der Waals surface area contributed by atoms with Gasteiger partial charge in [-0.15, -0.1) is 0 Å². The Morgan fingerprint density at radius 3 is 2.53 bits per heavy atom. The molecule has 8 nitrogen and oxygen atoms in total. The maximum absolute atomic E-state index is 12.8. The number of hydrogen-bond acceptors (Lipinski definition) is 5. The summed E-state index contributed by atoms with van der Waals surface area (Å²) >= 11 is 0. The number of carboxylic acid groups (broad SMARTS) is 1. The molecule has 0 radical (unpaired) electrons. The normalized spacial score (nSPS) is 11.9. The molecule has 3 aromatic rings. The first kappa shape index (κ1) is 25.0. The fourth-order valence-electron chi connectivity index (χ4n) is 3.77. The molecule has 1 amide bonds. The van der Waals surface area contributed by atoms with Crippen LogP contribution in [0.2, 0.25) is 0 Å². The van der Waals surface area contributed by atoms with Gasteiger partial charge in [-0.3, -0.25) is 4.79 Å². The monoisotopic (exact) mass is 465 g/mol. The van der Waals surface area contributed by atoms with E-state index < -0.39 is 12.1 Å². The number of aromatic nitrogens is 2. The van der Waals surface area contributed by atoms with Crippen LogP contribution in [0.1, 0.15) is 35.5 Å². The van der Waals surface area contributed by atoms with Gasteiger partial charge in [0, 0.05) is 25.6 Å². The summed E-state index contributed by atoms with van der Waals surface area (Å²) in [5.74, 6) is 0.186. The number of carbonyl (C=O) groups excluding carboxylic acids is 1. The van der Waals surface area contributed by atoms with Crippen molar-refractivity contribution < 1.29 is 24.2 Å². The highest BCUT2D eigenvalue weighted by Crippen LogP contribution is 2.22. The Hall–Kier alpha value is -3.65. The molecule has 0 fully saturated rings. The lowest BCUT2D eigenvalue weighted by molar-refractivity contribution is -0.153. The molecule has 0 saturated heterocycles. The molecule has 0 aliphatic carbocycles. The molecule has 180 valence electrons. The second-order valence-electron chi connectivity index (χ2n) is 8.26. The Bertz CT molecular complexity index is 1120. The third kappa shape index (κ3) is 6.23. The minimum absolute atomic E-state index is 0.191. The van der Waals surface area contributed by atoms with Gasteiger partial charge in [-0.25, -0.2) is 9.78 Å². The molecule has 1 unspecified atom stereocenters. The Morgan fingerprint density at radius 1 is 1.15 bits per heavy atom. The number of benzene rings is 2. The second-order valence-corrected chi connectivity index (χ2v) is 8.26. The first-order valence-electron chi connectivity index (χ1n) is 11.2. The molecule has 0 spiro atoms. The number of nitrogens with zero attached hydrogens (tertiary/aromatic N) is 2. The molecule has 1 aromatic heterocycles. The highest BCUT2D eigenvalue weighted by Gasteiger charge is 2.21. The topological polar surface area (TPSA) is 103 Å². The number of methoxy groups -OCH3 is 1. The van der Waals surface area contributed by atoms with Crippen LogP contribution in [0.4, 0.5) is 0 Å². The highest BCUT2D eigenvalue weighted by atomic mass is 16.5. The SMILES string of the molecule is COc1ccc(CC(OC(C)C)C(=O)O)cc1CCNC(=O)c1cnc(-c2ccccc2)n1C. The maximum atomic E-state index is 12.8. The van der Waals surface area contributed by atoms with Crippen molar-refractivity contribution in [1.29, 1.82) is 0 Å². The molecular formula is C26H31N3O5. The molecule has 0 aliphatic rings. The summed E-state index contributed by atoms with van der Waals surface area (Å²) in [5, 5.41) is 12.4. The molecule has 2 N–H and O–H groups in total. The molecule has 0 saturated carbocycles. The summed E-state index contributed by atoms with van der Waals surface area (Å²) in [6.07, 6.45) is 1.22. The van der Waals surface area contributed by atoms with Crippen molar-refractivity contribution in [3.05, 3.63) is 71.5 Å². The number of rotatable bonds is 11. The van der Waals surface area contributed by atoms with Gasteiger partial charge in [0.15, 0.2) is 6.10 Å². The van der Waals surface area contributed by atoms with Crippen molar-refractivity contribution >= 4 is 11.9 Å². The third-order valence-electron chi connectivity index (χ3n) is 5.41. The molecule has 34 heavy (non-hydrogen) atoms. The highest BCUT2D eigenvalue weighted by molar-refractivity contribution is 5.93. The number of nitrogens with one attached hydrogen (secondary N) is 1. The Labute approximate surface area is 199 Å². The smallest absolute Gasteiger partial charge is 0.333 e. The summed E-state index contributed by atoms with van der Waals surface area (Å²) in [5.41, 5.74) is 3.11. The number of amides is 1. The molecule has 3 rings (SSSR count). The van der Waals surface area contributed by atoms with Crippen molar-refractivity contribution in [3.8, 4) is 17.1 Å². The van der Waals surface area contributed by atoms with Crippen LogP contribution >= 0.6 is 0 Å². The lowest BCUT2D eigenvalue weighted by Gasteiger charge is -2.18. The van der Waals surface area contributed by atoms with Crippen LogP contribution < -0.4 is 10.1 Å². The molecule has 2 aromatic carbocycles. The van der Waals surface area contributed by atoms with Crippen LogP contribution in [0.3, 0.4) is 0 Å². The van der Waals surface area contributed by atoms with Gasteiger partial charge < -0.3 is 24.5 Å². The van der Waals surface area contributed by atoms with E-state index in [1.807, 2.05) is 69.4 Å². The fourth-order valence-corrected chi connectivity index (χ4v) is 3.77. The molecule has 0 aliphatic heterocycles. The van der Waals surface area contributed by atoms with Gasteiger partial charge in [-0.1, -0.05) is 42.5 Å². The molecule has 8 heteroatoms. The van der Waals surface area contributed by atoms with Crippen LogP contribution in [0.25, 0.3) is 11.4 Å². The minimum atomic E-state index is -0.996. The summed E-state index contributed by atoms with van der Waals surface area (Å²) < 4.78 is 12.7. The number of aliphatic carboxylic acids is 1. The van der Waals surface area contributed by atoms with Crippen molar-refractivity contribution in [1.82, 2.24) is 14.9 Å². The average molecular weight is 466 g/mol. The van der Waals surface area contributed by atoms with Gasteiger partial charge in [0.05, 0.1) is 19.4 Å². The van der Waals surface area contributed by atoms with E-state index in [2.05, 4.69) is 10.3 Å². The van der Waals surface area contributed by atoms with Gasteiger partial charge >= 0.3 is 5.97 Å². The van der Waals surface area contributed by atoms with E-state index in [1.165, 1.54) is 0 Å². The summed E-state index contributed by atoms with van der Waals surface area (Å²) in [6, 6.07) is 15.2. The summed E-state index contributed by atoms with van der Waals surface area (Å²) in [4.78, 5) is 28.7. The lowest BCUT2D eigenvalue weighted by Crippen LogP contribution is -2.29. The predicted octanol–water partition coefficient (Wildman–Crippen LogP) is 3.49. The van der Waals surface area contributed by atoms with E-state index in [4.69, 9.17) is 9.47 Å². The summed E-state index contributed by atoms with van der Waals surface area (Å²) in [6.45, 7) is 4.00. The van der Waals surface area contributed by atoms with Crippen molar-refractivity contribution in [2.24, 2.45) is 7.05 Å². The van der Waals surface area contributed by atoms with Crippen LogP contribution in [0.5, 0.6) is 5.75 Å². The summed E-state index contributed by atoms with van der Waals surface area (Å²) in [7, 11) is 3.40. The molecule has 1 heterocycles. The van der Waals surface area contributed by atoms with Crippen molar-refractivity contribution in [3.63, 3.8) is 0 Å². The van der Waals surface area contributed by atoms with Gasteiger partial charge in [0.1, 0.15) is 17.3 Å². The molecular weight excluding hydrogens is 434 g/mol. The van der Waals surface area contributed by atoms with Gasteiger partial charge in [-0.2, -0.15) is 0 Å². The zero-order valence-corrected chi connectivity index (χ0v) is 19.9. The zero-order chi connectivity index (χ0) is 24.7. The average Bonchev–Trinajstić information content (AvgIpc) is 3.20. The lowest BCUT2D eigenvalue weighted by atomic mass is 10.0. The first-order valence-corrected chi connectivity index (χ1v) is 11.2. The van der Waals surface area contributed by atoms with E-state index in [0.29, 0.717) is 24.4 Å². The van der Waals surface area contributed by atoms with E-state index in [-0.39, 0.29) is 18.4 Å². The van der Waals surface area contributed by atoms with E-state index in [9.17, 15) is 14.7 Å². The van der Waals surface area contributed by atoms with Gasteiger partial charge in [-0.05, 0) is 37.5 Å². The standard InChI is InChI=1S/C26H31N3O5/c1-17(2)34-23(26(31)32)15-18-10-11-22(33-4)20(14-18)12-13-27-25(30)21-16-28-24(29(21)3)19-8-6-5-7-9-19/h5-11,14,16-17,23H,12-13,15H2,1-4H3,(H,27,30)(H,31,32). The largest absolute Gasteiger partial charge is 0.496 e. The number of hydrogen-bond donors (Lipinski definition) is 2. The van der Waals surface area contributed by atoms with Crippen LogP contribution in [0.15, 0.2) is 54.7 Å². The van der Waals surface area contributed by atoms with Crippen LogP contribution in [-0.4, -0.2) is 52.4 Å². The molecule has 0 bridgehead atoms. The number of imidazole rings is 1. The Balaban J connectivity index is 1.66. The van der Waals surface area contributed by atoms with Crippen molar-refractivity contribution in [2.45, 2.75) is 38.9 Å². The first-order chi connectivity index (χ1) is 16.3. The number of carboxylic acids is 1. The Kier molecular flexibility index (Phi) is 8.43. The minimum Gasteiger partial charge on any atom is -0.496 e. The number of ether oxygens (including phenoxy) is 2. The second kappa shape index (κ2) is 11.5. The third-order valence-corrected chi connectivity index (χ3v) is 5.41. The van der Waals surface area contributed by atoms with E-state index in [0.717, 1.165) is 22.5 Å². The molecule has 1 atom stereocenters.